The summed E-state index contributed by atoms with van der Waals surface area (Å²) in [7, 11) is 2.01. The lowest BCUT2D eigenvalue weighted by Gasteiger charge is -2.29. The second-order valence-corrected chi connectivity index (χ2v) is 5.99. The number of aliphatic hydroxyl groups is 1. The number of rotatable bonds is 7. The van der Waals surface area contributed by atoms with E-state index in [-0.39, 0.29) is 0 Å². The van der Waals surface area contributed by atoms with E-state index in [9.17, 15) is 5.11 Å². The third-order valence-corrected chi connectivity index (χ3v) is 4.02. The van der Waals surface area contributed by atoms with Crippen LogP contribution in [0.15, 0.2) is 18.3 Å². The highest BCUT2D eigenvalue weighted by Gasteiger charge is 2.32. The zero-order valence-corrected chi connectivity index (χ0v) is 12.7. The number of pyridine rings is 1. The first-order valence-corrected chi connectivity index (χ1v) is 7.72. The van der Waals surface area contributed by atoms with E-state index in [0.29, 0.717) is 6.54 Å². The predicted molar refractivity (Wildman–Crippen MR) is 82.9 cm³/mol. The molecule has 20 heavy (non-hydrogen) atoms. The average Bonchev–Trinajstić information content (AvgIpc) is 2.86. The molecule has 0 aromatic carbocycles. The van der Waals surface area contributed by atoms with Gasteiger partial charge in [-0.05, 0) is 37.4 Å². The first-order chi connectivity index (χ1) is 9.63. The van der Waals surface area contributed by atoms with Crippen molar-refractivity contribution in [2.75, 3.05) is 25.0 Å². The molecular formula is C16H27N3O. The molecule has 112 valence electrons. The van der Waals surface area contributed by atoms with E-state index in [1.807, 2.05) is 19.3 Å². The van der Waals surface area contributed by atoms with Crippen LogP contribution < -0.4 is 10.2 Å². The highest BCUT2D eigenvalue weighted by molar-refractivity contribution is 5.39. The van der Waals surface area contributed by atoms with E-state index in [1.165, 1.54) is 5.56 Å². The van der Waals surface area contributed by atoms with Gasteiger partial charge in [0.25, 0.3) is 0 Å². The van der Waals surface area contributed by atoms with Gasteiger partial charge in [0.05, 0.1) is 5.60 Å². The van der Waals surface area contributed by atoms with Gasteiger partial charge >= 0.3 is 0 Å². The van der Waals surface area contributed by atoms with Crippen LogP contribution in [0.2, 0.25) is 0 Å². The van der Waals surface area contributed by atoms with Crippen LogP contribution in [0.5, 0.6) is 0 Å². The smallest absolute Gasteiger partial charge is 0.128 e. The maximum Gasteiger partial charge on any atom is 0.128 e. The van der Waals surface area contributed by atoms with Crippen LogP contribution in [0.25, 0.3) is 0 Å². The van der Waals surface area contributed by atoms with Gasteiger partial charge < -0.3 is 15.3 Å². The summed E-state index contributed by atoms with van der Waals surface area (Å²) in [5, 5.41) is 13.8. The van der Waals surface area contributed by atoms with Crippen molar-refractivity contribution in [3.63, 3.8) is 0 Å². The monoisotopic (exact) mass is 277 g/mol. The average molecular weight is 277 g/mol. The van der Waals surface area contributed by atoms with E-state index >= 15 is 0 Å². The topological polar surface area (TPSA) is 48.4 Å². The molecule has 0 aliphatic heterocycles. The number of nitrogens with one attached hydrogen (secondary N) is 1. The number of hydrogen-bond donors (Lipinski definition) is 2. The van der Waals surface area contributed by atoms with Crippen LogP contribution in [-0.4, -0.2) is 35.8 Å². The molecule has 1 aliphatic rings. The van der Waals surface area contributed by atoms with Gasteiger partial charge in [0.2, 0.25) is 0 Å². The number of likely N-dealkylation sites (N-methyl/N-ethyl adjacent to an activating group) is 1. The standard InChI is InChI=1S/C16H27N3O/c1-3-10-17-11-14-6-7-15(18-12-14)19(2)13-16(20)8-4-5-9-16/h6-7,12,17,20H,3-5,8-11,13H2,1-2H3. The number of nitrogens with zero attached hydrogens (tertiary/aromatic N) is 2. The summed E-state index contributed by atoms with van der Waals surface area (Å²) in [4.78, 5) is 6.57. The molecule has 0 spiro atoms. The van der Waals surface area contributed by atoms with Gasteiger partial charge in [-0.25, -0.2) is 4.98 Å². The fraction of sp³-hybridized carbons (Fsp3) is 0.688. The number of aromatic nitrogens is 1. The minimum Gasteiger partial charge on any atom is -0.388 e. The van der Waals surface area contributed by atoms with E-state index in [4.69, 9.17) is 0 Å². The van der Waals surface area contributed by atoms with Crippen LogP contribution in [0, 0.1) is 0 Å². The van der Waals surface area contributed by atoms with Gasteiger partial charge in [-0.1, -0.05) is 25.8 Å². The first-order valence-electron chi connectivity index (χ1n) is 7.72. The lowest BCUT2D eigenvalue weighted by molar-refractivity contribution is 0.0558. The highest BCUT2D eigenvalue weighted by Crippen LogP contribution is 2.30. The molecule has 0 bridgehead atoms. The molecule has 1 aromatic rings. The van der Waals surface area contributed by atoms with Crippen molar-refractivity contribution in [2.24, 2.45) is 0 Å². The van der Waals surface area contributed by atoms with Crippen molar-refractivity contribution in [2.45, 2.75) is 51.2 Å². The summed E-state index contributed by atoms with van der Waals surface area (Å²) in [6.07, 6.45) is 7.17. The summed E-state index contributed by atoms with van der Waals surface area (Å²) >= 11 is 0. The summed E-state index contributed by atoms with van der Waals surface area (Å²) in [6.45, 7) is 4.74. The molecule has 1 fully saturated rings. The summed E-state index contributed by atoms with van der Waals surface area (Å²) in [6, 6.07) is 4.15. The molecular weight excluding hydrogens is 250 g/mol. The Bertz CT molecular complexity index is 399. The van der Waals surface area contributed by atoms with E-state index in [2.05, 4.69) is 28.2 Å². The highest BCUT2D eigenvalue weighted by atomic mass is 16.3. The summed E-state index contributed by atoms with van der Waals surface area (Å²) in [5.41, 5.74) is 0.688. The molecule has 0 unspecified atom stereocenters. The minimum absolute atomic E-state index is 0.516. The van der Waals surface area contributed by atoms with Gasteiger partial charge in [0.15, 0.2) is 0 Å². The summed E-state index contributed by atoms with van der Waals surface area (Å²) < 4.78 is 0. The van der Waals surface area contributed by atoms with Crippen molar-refractivity contribution < 1.29 is 5.11 Å². The van der Waals surface area contributed by atoms with Crippen molar-refractivity contribution in [3.05, 3.63) is 23.9 Å². The lowest BCUT2D eigenvalue weighted by Crippen LogP contribution is -2.39. The van der Waals surface area contributed by atoms with Gasteiger partial charge in [-0.15, -0.1) is 0 Å². The molecule has 0 radical (unpaired) electrons. The van der Waals surface area contributed by atoms with Crippen molar-refractivity contribution in [1.82, 2.24) is 10.3 Å². The molecule has 2 N–H and O–H groups in total. The third-order valence-electron chi connectivity index (χ3n) is 4.02. The third kappa shape index (κ3) is 4.18. The molecule has 4 nitrogen and oxygen atoms in total. The van der Waals surface area contributed by atoms with Crippen molar-refractivity contribution in [1.29, 1.82) is 0 Å². The summed E-state index contributed by atoms with van der Waals surface area (Å²) in [5.74, 6) is 0.935. The number of hydrogen-bond acceptors (Lipinski definition) is 4. The van der Waals surface area contributed by atoms with Crippen molar-refractivity contribution in [3.8, 4) is 0 Å². The molecule has 2 rings (SSSR count). The molecule has 0 atom stereocenters. The first kappa shape index (κ1) is 15.3. The van der Waals surface area contributed by atoms with E-state index in [1.54, 1.807) is 0 Å². The molecule has 1 aliphatic carbocycles. The Morgan fingerprint density at radius 3 is 2.70 bits per heavy atom. The molecule has 4 heteroatoms. The fourth-order valence-electron chi connectivity index (χ4n) is 2.87. The number of anilines is 1. The van der Waals surface area contributed by atoms with Gasteiger partial charge in [-0.2, -0.15) is 0 Å². The van der Waals surface area contributed by atoms with Crippen LogP contribution in [0.4, 0.5) is 5.82 Å². The van der Waals surface area contributed by atoms with Crippen LogP contribution >= 0.6 is 0 Å². The Balaban J connectivity index is 1.88. The van der Waals surface area contributed by atoms with Crippen molar-refractivity contribution >= 4 is 5.82 Å². The molecule has 1 saturated carbocycles. The Morgan fingerprint density at radius 2 is 2.10 bits per heavy atom. The van der Waals surface area contributed by atoms with Gasteiger partial charge in [0, 0.05) is 26.3 Å². The zero-order chi connectivity index (χ0) is 14.4. The predicted octanol–water partition coefficient (Wildman–Crippen LogP) is 2.32. The van der Waals surface area contributed by atoms with Gasteiger partial charge in [0.1, 0.15) is 5.82 Å². The Morgan fingerprint density at radius 1 is 1.35 bits per heavy atom. The maximum absolute atomic E-state index is 10.4. The second kappa shape index (κ2) is 7.04. The molecule has 0 saturated heterocycles. The lowest BCUT2D eigenvalue weighted by atomic mass is 10.0. The maximum atomic E-state index is 10.4. The zero-order valence-electron chi connectivity index (χ0n) is 12.7. The van der Waals surface area contributed by atoms with Crippen LogP contribution in [-0.2, 0) is 6.54 Å². The Labute approximate surface area is 122 Å². The fourth-order valence-corrected chi connectivity index (χ4v) is 2.87. The van der Waals surface area contributed by atoms with Crippen LogP contribution in [0.1, 0.15) is 44.6 Å². The van der Waals surface area contributed by atoms with Gasteiger partial charge in [-0.3, -0.25) is 0 Å². The van der Waals surface area contributed by atoms with Crippen LogP contribution in [0.3, 0.4) is 0 Å². The molecule has 1 aromatic heterocycles. The van der Waals surface area contributed by atoms with E-state index in [0.717, 1.165) is 51.0 Å². The van der Waals surface area contributed by atoms with E-state index < -0.39 is 5.60 Å². The minimum atomic E-state index is -0.516. The molecule has 1 heterocycles. The quantitative estimate of drug-likeness (QED) is 0.751. The Hall–Kier alpha value is -1.13. The largest absolute Gasteiger partial charge is 0.388 e. The normalized spacial score (nSPS) is 17.4. The Kier molecular flexibility index (Phi) is 5.38. The molecule has 0 amide bonds. The second-order valence-electron chi connectivity index (χ2n) is 5.99. The SMILES string of the molecule is CCCNCc1ccc(N(C)CC2(O)CCCC2)nc1.